The molecule has 1 aliphatic carbocycles. The highest BCUT2D eigenvalue weighted by Crippen LogP contribution is 2.44. The summed E-state index contributed by atoms with van der Waals surface area (Å²) in [5.74, 6) is -1.84. The molecule has 37 heavy (non-hydrogen) atoms. The van der Waals surface area contributed by atoms with Crippen LogP contribution in [0.15, 0.2) is 72.8 Å². The molecule has 0 aliphatic heterocycles. The lowest BCUT2D eigenvalue weighted by molar-refractivity contribution is -0.384. The van der Waals surface area contributed by atoms with Gasteiger partial charge in [-0.25, -0.2) is 14.4 Å². The summed E-state index contributed by atoms with van der Waals surface area (Å²) in [5, 5.41) is 13.2. The third-order valence-corrected chi connectivity index (χ3v) is 6.15. The highest BCUT2D eigenvalue weighted by Gasteiger charge is 2.33. The smallest absolute Gasteiger partial charge is 0.407 e. The number of alkyl carbamates (subject to hydrolysis) is 1. The van der Waals surface area contributed by atoms with Crippen molar-refractivity contribution in [2.24, 2.45) is 0 Å². The molecule has 3 aromatic rings. The molecule has 0 fully saturated rings. The zero-order valence-corrected chi connectivity index (χ0v) is 20.1. The van der Waals surface area contributed by atoms with E-state index >= 15 is 0 Å². The molecule has 1 N–H and O–H groups in total. The highest BCUT2D eigenvalue weighted by atomic mass is 16.6. The number of nitrogens with one attached hydrogen (secondary N) is 1. The first-order valence-corrected chi connectivity index (χ1v) is 11.4. The number of hydrogen-bond donors (Lipinski definition) is 1. The zero-order chi connectivity index (χ0) is 26.5. The lowest BCUT2D eigenvalue weighted by atomic mass is 9.98. The standard InChI is InChI=1S/C27H24N2O8/c1-16(37-25(30)17-11-13-18(14-12-17)29(33)34)24(26(31)35-2)28-27(32)36-15-23-21-9-5-3-7-19(21)20-8-4-6-10-22(20)23/h3-14,16,23-24H,15H2,1-2H3,(H,28,32)/t16-,24+/m1/s1. The summed E-state index contributed by atoms with van der Waals surface area (Å²) in [7, 11) is 1.14. The summed E-state index contributed by atoms with van der Waals surface area (Å²) in [6.07, 6.45) is -2.01. The minimum atomic E-state index is -1.34. The Morgan fingerprint density at radius 2 is 1.51 bits per heavy atom. The van der Waals surface area contributed by atoms with E-state index in [1.54, 1.807) is 0 Å². The maximum atomic E-state index is 12.7. The molecule has 0 radical (unpaired) electrons. The molecule has 1 aliphatic rings. The van der Waals surface area contributed by atoms with Gasteiger partial charge in [0.1, 0.15) is 12.7 Å². The number of nitro groups is 1. The van der Waals surface area contributed by atoms with Crippen molar-refractivity contribution in [2.75, 3.05) is 13.7 Å². The maximum Gasteiger partial charge on any atom is 0.407 e. The minimum absolute atomic E-state index is 0.0325. The van der Waals surface area contributed by atoms with Crippen molar-refractivity contribution in [1.29, 1.82) is 0 Å². The molecular formula is C27H24N2O8. The largest absolute Gasteiger partial charge is 0.467 e. The molecule has 3 aromatic carbocycles. The molecule has 0 heterocycles. The van der Waals surface area contributed by atoms with Crippen LogP contribution < -0.4 is 5.32 Å². The number of benzene rings is 3. The summed E-state index contributed by atoms with van der Waals surface area (Å²) < 4.78 is 15.6. The Morgan fingerprint density at radius 1 is 0.946 bits per heavy atom. The first kappa shape index (κ1) is 25.4. The van der Waals surface area contributed by atoms with Gasteiger partial charge >= 0.3 is 18.0 Å². The van der Waals surface area contributed by atoms with Crippen molar-refractivity contribution >= 4 is 23.7 Å². The van der Waals surface area contributed by atoms with Gasteiger partial charge in [-0.15, -0.1) is 0 Å². The molecule has 10 heteroatoms. The maximum absolute atomic E-state index is 12.7. The van der Waals surface area contributed by atoms with Gasteiger partial charge in [-0.05, 0) is 41.3 Å². The first-order chi connectivity index (χ1) is 17.8. The third-order valence-electron chi connectivity index (χ3n) is 6.15. The van der Waals surface area contributed by atoms with E-state index in [1.165, 1.54) is 19.1 Å². The molecule has 2 atom stereocenters. The topological polar surface area (TPSA) is 134 Å². The molecule has 190 valence electrons. The number of amides is 1. The molecule has 0 saturated carbocycles. The van der Waals surface area contributed by atoms with Crippen LogP contribution >= 0.6 is 0 Å². The van der Waals surface area contributed by atoms with Gasteiger partial charge in [0.15, 0.2) is 6.04 Å². The van der Waals surface area contributed by atoms with Crippen LogP contribution in [0.3, 0.4) is 0 Å². The third kappa shape index (κ3) is 5.43. The van der Waals surface area contributed by atoms with Crippen molar-refractivity contribution in [2.45, 2.75) is 25.0 Å². The Bertz CT molecular complexity index is 1290. The Labute approximate surface area is 212 Å². The molecule has 0 unspecified atom stereocenters. The molecule has 10 nitrogen and oxygen atoms in total. The zero-order valence-electron chi connectivity index (χ0n) is 20.1. The fourth-order valence-electron chi connectivity index (χ4n) is 4.29. The Kier molecular flexibility index (Phi) is 7.47. The van der Waals surface area contributed by atoms with Crippen LogP contribution in [-0.4, -0.2) is 48.8 Å². The normalized spacial score (nSPS) is 13.5. The molecule has 0 spiro atoms. The fourth-order valence-corrected chi connectivity index (χ4v) is 4.29. The second kappa shape index (κ2) is 10.9. The molecule has 0 saturated heterocycles. The van der Waals surface area contributed by atoms with E-state index in [0.29, 0.717) is 0 Å². The summed E-state index contributed by atoms with van der Waals surface area (Å²) in [6.45, 7) is 1.44. The number of carbonyl (C=O) groups is 3. The van der Waals surface area contributed by atoms with Crippen LogP contribution in [0.2, 0.25) is 0 Å². The first-order valence-electron chi connectivity index (χ1n) is 11.4. The van der Waals surface area contributed by atoms with Gasteiger partial charge in [0.05, 0.1) is 17.6 Å². The predicted molar refractivity (Wildman–Crippen MR) is 132 cm³/mol. The van der Waals surface area contributed by atoms with Crippen LogP contribution in [0.4, 0.5) is 10.5 Å². The number of nitro benzene ring substituents is 1. The lowest BCUT2D eigenvalue weighted by Crippen LogP contribution is -2.50. The second-order valence-corrected chi connectivity index (χ2v) is 8.39. The van der Waals surface area contributed by atoms with E-state index in [0.717, 1.165) is 41.5 Å². The van der Waals surface area contributed by atoms with Gasteiger partial charge in [-0.1, -0.05) is 48.5 Å². The molecule has 4 rings (SSSR count). The number of methoxy groups -OCH3 is 1. The minimum Gasteiger partial charge on any atom is -0.467 e. The van der Waals surface area contributed by atoms with Gasteiger partial charge in [0.25, 0.3) is 5.69 Å². The summed E-state index contributed by atoms with van der Waals surface area (Å²) >= 11 is 0. The van der Waals surface area contributed by atoms with Gasteiger partial charge in [0, 0.05) is 18.1 Å². The van der Waals surface area contributed by atoms with E-state index in [4.69, 9.17) is 14.2 Å². The summed E-state index contributed by atoms with van der Waals surface area (Å²) in [5.41, 5.74) is 4.08. The average Bonchev–Trinajstić information content (AvgIpc) is 3.23. The van der Waals surface area contributed by atoms with Crippen LogP contribution in [0.1, 0.15) is 34.3 Å². The van der Waals surface area contributed by atoms with Crippen LogP contribution in [0, 0.1) is 10.1 Å². The monoisotopic (exact) mass is 504 g/mol. The lowest BCUT2D eigenvalue weighted by Gasteiger charge is -2.23. The van der Waals surface area contributed by atoms with Crippen molar-refractivity contribution in [1.82, 2.24) is 5.32 Å². The number of nitrogens with zero attached hydrogens (tertiary/aromatic N) is 1. The van der Waals surface area contributed by atoms with Crippen LogP contribution in [0.25, 0.3) is 11.1 Å². The van der Waals surface area contributed by atoms with E-state index in [2.05, 4.69) is 5.32 Å². The number of non-ortho nitro benzene ring substituents is 1. The number of fused-ring (bicyclic) bond motifs is 3. The Hall–Kier alpha value is -4.73. The average molecular weight is 504 g/mol. The van der Waals surface area contributed by atoms with Crippen LogP contribution in [-0.2, 0) is 19.0 Å². The fraction of sp³-hybridized carbons (Fsp3) is 0.222. The SMILES string of the molecule is COC(=O)[C@@H](NC(=O)OCC1c2ccccc2-c2ccccc21)[C@@H](C)OC(=O)c1ccc([N+](=O)[O-])cc1. The van der Waals surface area contributed by atoms with Gasteiger partial charge in [-0.3, -0.25) is 10.1 Å². The predicted octanol–water partition coefficient (Wildman–Crippen LogP) is 4.22. The Balaban J connectivity index is 1.41. The van der Waals surface area contributed by atoms with Crippen molar-refractivity contribution in [3.63, 3.8) is 0 Å². The quantitative estimate of drug-likeness (QED) is 0.209. The number of carbonyl (C=O) groups excluding carboxylic acids is 3. The molecule has 0 aromatic heterocycles. The van der Waals surface area contributed by atoms with Gasteiger partial charge in [0.2, 0.25) is 0 Å². The summed E-state index contributed by atoms with van der Waals surface area (Å²) in [4.78, 5) is 47.7. The number of rotatable bonds is 8. The van der Waals surface area contributed by atoms with Gasteiger partial charge in [-0.2, -0.15) is 0 Å². The molecule has 1 amide bonds. The van der Waals surface area contributed by atoms with E-state index in [9.17, 15) is 24.5 Å². The number of hydrogen-bond acceptors (Lipinski definition) is 8. The Morgan fingerprint density at radius 3 is 2.05 bits per heavy atom. The van der Waals surface area contributed by atoms with E-state index < -0.39 is 35.1 Å². The number of ether oxygens (including phenoxy) is 3. The van der Waals surface area contributed by atoms with Crippen molar-refractivity contribution in [3.05, 3.63) is 99.6 Å². The highest BCUT2D eigenvalue weighted by molar-refractivity contribution is 5.90. The summed E-state index contributed by atoms with van der Waals surface area (Å²) in [6, 6.07) is 19.2. The van der Waals surface area contributed by atoms with E-state index in [-0.39, 0.29) is 23.8 Å². The molecule has 0 bridgehead atoms. The van der Waals surface area contributed by atoms with Gasteiger partial charge < -0.3 is 19.5 Å². The van der Waals surface area contributed by atoms with Crippen LogP contribution in [0.5, 0.6) is 0 Å². The van der Waals surface area contributed by atoms with Crippen molar-refractivity contribution < 1.29 is 33.5 Å². The number of esters is 2. The van der Waals surface area contributed by atoms with E-state index in [1.807, 2.05) is 48.5 Å². The van der Waals surface area contributed by atoms with Crippen molar-refractivity contribution in [3.8, 4) is 11.1 Å². The molecular weight excluding hydrogens is 480 g/mol. The second-order valence-electron chi connectivity index (χ2n) is 8.39.